The summed E-state index contributed by atoms with van der Waals surface area (Å²) in [5, 5.41) is 0. The predicted molar refractivity (Wildman–Crippen MR) is 114 cm³/mol. The standard InChI is InChI=1S/C20H20N2O7S2/c1-27-15-9-14-17(10-16(15)28-2)30-20(22(14)11-18(23)29-3)21-19(24)12-6-5-7-13(8-12)31(4,25)26/h5-10H,11H2,1-4H3. The summed E-state index contributed by atoms with van der Waals surface area (Å²) in [6, 6.07) is 9.03. The fourth-order valence-corrected chi connectivity index (χ4v) is 4.54. The van der Waals surface area contributed by atoms with Gasteiger partial charge < -0.3 is 18.8 Å². The summed E-state index contributed by atoms with van der Waals surface area (Å²) in [6.07, 6.45) is 1.06. The number of thiazole rings is 1. The Bertz CT molecular complexity index is 1340. The molecule has 1 aromatic heterocycles. The highest BCUT2D eigenvalue weighted by Crippen LogP contribution is 2.33. The molecule has 0 aliphatic rings. The van der Waals surface area contributed by atoms with Crippen molar-refractivity contribution in [3.05, 3.63) is 46.8 Å². The number of methoxy groups -OCH3 is 3. The summed E-state index contributed by atoms with van der Waals surface area (Å²) in [6.45, 7) is -0.179. The van der Waals surface area contributed by atoms with Gasteiger partial charge in [-0.05, 0) is 18.2 Å². The molecule has 11 heteroatoms. The summed E-state index contributed by atoms with van der Waals surface area (Å²) in [7, 11) is 0.777. The minimum absolute atomic E-state index is 0.0156. The highest BCUT2D eigenvalue weighted by molar-refractivity contribution is 7.90. The second-order valence-corrected chi connectivity index (χ2v) is 9.46. The second kappa shape index (κ2) is 8.90. The van der Waals surface area contributed by atoms with Crippen LogP contribution in [0.15, 0.2) is 46.3 Å². The zero-order chi connectivity index (χ0) is 22.8. The monoisotopic (exact) mass is 464 g/mol. The Morgan fingerprint density at radius 3 is 2.35 bits per heavy atom. The summed E-state index contributed by atoms with van der Waals surface area (Å²) >= 11 is 1.17. The van der Waals surface area contributed by atoms with Crippen molar-refractivity contribution in [3.8, 4) is 11.5 Å². The minimum Gasteiger partial charge on any atom is -0.493 e. The molecule has 0 aliphatic carbocycles. The van der Waals surface area contributed by atoms with Gasteiger partial charge >= 0.3 is 5.97 Å². The average Bonchev–Trinajstić information content (AvgIpc) is 3.07. The van der Waals surface area contributed by atoms with Crippen LogP contribution in [0.5, 0.6) is 11.5 Å². The molecule has 0 saturated heterocycles. The maximum Gasteiger partial charge on any atom is 0.325 e. The van der Waals surface area contributed by atoms with Crippen LogP contribution < -0.4 is 14.3 Å². The van der Waals surface area contributed by atoms with E-state index in [-0.39, 0.29) is 21.8 Å². The predicted octanol–water partition coefficient (Wildman–Crippen LogP) is 2.04. The highest BCUT2D eigenvalue weighted by Gasteiger charge is 2.17. The maximum absolute atomic E-state index is 12.8. The molecule has 0 fully saturated rings. The Morgan fingerprint density at radius 2 is 1.74 bits per heavy atom. The Kier molecular flexibility index (Phi) is 6.46. The molecule has 0 unspecified atom stereocenters. The molecule has 3 aromatic rings. The maximum atomic E-state index is 12.8. The van der Waals surface area contributed by atoms with Gasteiger partial charge in [-0.3, -0.25) is 9.59 Å². The average molecular weight is 465 g/mol. The van der Waals surface area contributed by atoms with Crippen LogP contribution in [0.1, 0.15) is 10.4 Å². The lowest BCUT2D eigenvalue weighted by Crippen LogP contribution is -2.22. The number of amides is 1. The van der Waals surface area contributed by atoms with E-state index in [2.05, 4.69) is 4.99 Å². The van der Waals surface area contributed by atoms with E-state index in [9.17, 15) is 18.0 Å². The molecule has 9 nitrogen and oxygen atoms in total. The van der Waals surface area contributed by atoms with Gasteiger partial charge in [0.15, 0.2) is 26.1 Å². The summed E-state index contributed by atoms with van der Waals surface area (Å²) in [4.78, 5) is 29.2. The number of hydrogen-bond donors (Lipinski definition) is 0. The van der Waals surface area contributed by atoms with Crippen LogP contribution in [-0.4, -0.2) is 52.4 Å². The number of carbonyl (C=O) groups excluding carboxylic acids is 2. The van der Waals surface area contributed by atoms with Crippen LogP contribution in [0.4, 0.5) is 0 Å². The number of carbonyl (C=O) groups is 2. The SMILES string of the molecule is COC(=O)Cn1c(=NC(=O)c2cccc(S(C)(=O)=O)c2)sc2cc(OC)c(OC)cc21. The van der Waals surface area contributed by atoms with Gasteiger partial charge in [-0.25, -0.2) is 8.42 Å². The Labute approximate surface area is 182 Å². The van der Waals surface area contributed by atoms with Gasteiger partial charge in [0.25, 0.3) is 5.91 Å². The number of benzene rings is 2. The number of sulfone groups is 1. The number of nitrogens with zero attached hydrogens (tertiary/aromatic N) is 2. The van der Waals surface area contributed by atoms with Crippen LogP contribution in [0, 0.1) is 0 Å². The Hall–Kier alpha value is -3.18. The summed E-state index contributed by atoms with van der Waals surface area (Å²) < 4.78 is 41.2. The molecule has 0 saturated carbocycles. The number of esters is 1. The Morgan fingerprint density at radius 1 is 1.06 bits per heavy atom. The van der Waals surface area contributed by atoms with E-state index in [1.165, 1.54) is 61.5 Å². The largest absolute Gasteiger partial charge is 0.493 e. The van der Waals surface area contributed by atoms with Crippen molar-refractivity contribution in [2.75, 3.05) is 27.6 Å². The third-order valence-corrected chi connectivity index (χ3v) is 6.56. The molecule has 0 bridgehead atoms. The zero-order valence-electron chi connectivity index (χ0n) is 17.2. The van der Waals surface area contributed by atoms with E-state index >= 15 is 0 Å². The van der Waals surface area contributed by atoms with Gasteiger partial charge in [-0.2, -0.15) is 4.99 Å². The van der Waals surface area contributed by atoms with Crippen LogP contribution >= 0.6 is 11.3 Å². The molecule has 164 valence electrons. The van der Waals surface area contributed by atoms with E-state index < -0.39 is 21.7 Å². The first-order valence-electron chi connectivity index (χ1n) is 8.89. The van der Waals surface area contributed by atoms with Crippen molar-refractivity contribution in [2.45, 2.75) is 11.4 Å². The molecule has 0 aliphatic heterocycles. The third kappa shape index (κ3) is 4.78. The normalized spacial score (nSPS) is 12.1. The van der Waals surface area contributed by atoms with E-state index in [1.54, 1.807) is 12.1 Å². The molecule has 1 heterocycles. The van der Waals surface area contributed by atoms with Gasteiger partial charge in [0.2, 0.25) is 0 Å². The van der Waals surface area contributed by atoms with Crippen molar-refractivity contribution in [3.63, 3.8) is 0 Å². The van der Waals surface area contributed by atoms with Crippen molar-refractivity contribution >= 4 is 43.3 Å². The zero-order valence-corrected chi connectivity index (χ0v) is 18.9. The molecule has 0 atom stereocenters. The van der Waals surface area contributed by atoms with E-state index in [0.29, 0.717) is 21.7 Å². The Balaban J connectivity index is 2.20. The van der Waals surface area contributed by atoms with Crippen molar-refractivity contribution < 1.29 is 32.2 Å². The van der Waals surface area contributed by atoms with Crippen LogP contribution in [0.3, 0.4) is 0 Å². The topological polar surface area (TPSA) is 113 Å². The van der Waals surface area contributed by atoms with Gasteiger partial charge in [0.05, 0.1) is 36.4 Å². The smallest absolute Gasteiger partial charge is 0.325 e. The lowest BCUT2D eigenvalue weighted by molar-refractivity contribution is -0.141. The second-order valence-electron chi connectivity index (χ2n) is 6.44. The molecule has 2 aromatic carbocycles. The van der Waals surface area contributed by atoms with E-state index in [1.807, 2.05) is 0 Å². The molecule has 31 heavy (non-hydrogen) atoms. The fraction of sp³-hybridized carbons (Fsp3) is 0.250. The number of aromatic nitrogens is 1. The van der Waals surface area contributed by atoms with Gasteiger partial charge in [0.1, 0.15) is 6.54 Å². The van der Waals surface area contributed by atoms with Crippen LogP contribution in [0.2, 0.25) is 0 Å². The summed E-state index contributed by atoms with van der Waals surface area (Å²) in [5.74, 6) is -0.234. The molecule has 0 N–H and O–H groups in total. The quantitative estimate of drug-likeness (QED) is 0.513. The van der Waals surface area contributed by atoms with Crippen LogP contribution in [0.25, 0.3) is 10.2 Å². The summed E-state index contributed by atoms with van der Waals surface area (Å²) in [5.41, 5.74) is 0.713. The molecule has 0 radical (unpaired) electrons. The van der Waals surface area contributed by atoms with Crippen molar-refractivity contribution in [1.82, 2.24) is 4.57 Å². The van der Waals surface area contributed by atoms with Gasteiger partial charge in [-0.1, -0.05) is 17.4 Å². The van der Waals surface area contributed by atoms with Crippen LogP contribution in [-0.2, 0) is 25.9 Å². The first-order chi connectivity index (χ1) is 14.7. The highest BCUT2D eigenvalue weighted by atomic mass is 32.2. The van der Waals surface area contributed by atoms with Gasteiger partial charge in [0, 0.05) is 24.0 Å². The number of hydrogen-bond acceptors (Lipinski definition) is 8. The number of fused-ring (bicyclic) bond motifs is 1. The first-order valence-corrected chi connectivity index (χ1v) is 11.6. The molecule has 0 spiro atoms. The molecular weight excluding hydrogens is 444 g/mol. The van der Waals surface area contributed by atoms with Crippen molar-refractivity contribution in [2.24, 2.45) is 4.99 Å². The van der Waals surface area contributed by atoms with Crippen molar-refractivity contribution in [1.29, 1.82) is 0 Å². The van der Waals surface area contributed by atoms with E-state index in [4.69, 9.17) is 14.2 Å². The first kappa shape index (κ1) is 22.5. The van der Waals surface area contributed by atoms with Gasteiger partial charge in [-0.15, -0.1) is 0 Å². The number of rotatable bonds is 6. The number of ether oxygens (including phenoxy) is 3. The molecule has 1 amide bonds. The lowest BCUT2D eigenvalue weighted by Gasteiger charge is -2.09. The third-order valence-electron chi connectivity index (χ3n) is 4.41. The molecular formula is C20H20N2O7S2. The fourth-order valence-electron chi connectivity index (χ4n) is 2.84. The minimum atomic E-state index is -3.48. The molecule has 3 rings (SSSR count). The van der Waals surface area contributed by atoms with E-state index in [0.717, 1.165) is 6.26 Å². The lowest BCUT2D eigenvalue weighted by atomic mass is 10.2.